The molecule has 0 radical (unpaired) electrons. The molecular formula is C18H14Cl2N4O2. The molecule has 1 aromatic heterocycles. The van der Waals surface area contributed by atoms with Crippen LogP contribution in [0.15, 0.2) is 54.9 Å². The largest absolute Gasteiger partial charge is 0.497 e. The van der Waals surface area contributed by atoms with Gasteiger partial charge in [-0.3, -0.25) is 4.79 Å². The van der Waals surface area contributed by atoms with Gasteiger partial charge in [0.05, 0.1) is 23.4 Å². The highest BCUT2D eigenvalue weighted by Crippen LogP contribution is 2.27. The van der Waals surface area contributed by atoms with Crippen molar-refractivity contribution in [3.05, 3.63) is 70.5 Å². The lowest BCUT2D eigenvalue weighted by Crippen LogP contribution is -2.13. The van der Waals surface area contributed by atoms with Crippen LogP contribution in [0, 0.1) is 0 Å². The number of benzene rings is 2. The fraction of sp³-hybridized carbons (Fsp3) is 0.0556. The third-order valence-electron chi connectivity index (χ3n) is 3.44. The molecule has 1 amide bonds. The lowest BCUT2D eigenvalue weighted by atomic mass is 10.2. The topological polar surface area (TPSA) is 76.1 Å². The van der Waals surface area contributed by atoms with E-state index in [4.69, 9.17) is 27.9 Å². The van der Waals surface area contributed by atoms with Gasteiger partial charge in [0.25, 0.3) is 5.91 Å². The van der Waals surface area contributed by atoms with Crippen LogP contribution in [0.3, 0.4) is 0 Å². The van der Waals surface area contributed by atoms with Crippen LogP contribution in [-0.4, -0.2) is 23.0 Å². The van der Waals surface area contributed by atoms with E-state index in [-0.39, 0.29) is 5.91 Å². The summed E-state index contributed by atoms with van der Waals surface area (Å²) in [6.07, 6.45) is 2.86. The first-order valence-corrected chi connectivity index (χ1v) is 8.30. The Labute approximate surface area is 160 Å². The number of halogens is 2. The minimum Gasteiger partial charge on any atom is -0.497 e. The Morgan fingerprint density at radius 3 is 2.35 bits per heavy atom. The number of carbonyl (C=O) groups is 1. The van der Waals surface area contributed by atoms with E-state index in [1.54, 1.807) is 49.6 Å². The molecule has 0 aliphatic carbocycles. The number of amides is 1. The number of rotatable bonds is 5. The maximum absolute atomic E-state index is 12.3. The van der Waals surface area contributed by atoms with Gasteiger partial charge in [-0.15, -0.1) is 0 Å². The highest BCUT2D eigenvalue weighted by atomic mass is 35.5. The third-order valence-corrected chi connectivity index (χ3v) is 3.99. The molecule has 3 rings (SSSR count). The summed E-state index contributed by atoms with van der Waals surface area (Å²) in [6, 6.07) is 12.0. The van der Waals surface area contributed by atoms with Crippen molar-refractivity contribution in [2.24, 2.45) is 0 Å². The summed E-state index contributed by atoms with van der Waals surface area (Å²) in [5.41, 5.74) is 1.59. The Morgan fingerprint density at radius 2 is 1.73 bits per heavy atom. The van der Waals surface area contributed by atoms with E-state index < -0.39 is 0 Å². The van der Waals surface area contributed by atoms with Crippen LogP contribution in [0.1, 0.15) is 10.4 Å². The summed E-state index contributed by atoms with van der Waals surface area (Å²) >= 11 is 12.0. The Bertz CT molecular complexity index is 915. The van der Waals surface area contributed by atoms with Crippen molar-refractivity contribution in [1.29, 1.82) is 0 Å². The van der Waals surface area contributed by atoms with Gasteiger partial charge in [-0.1, -0.05) is 23.2 Å². The zero-order valence-electron chi connectivity index (χ0n) is 13.7. The predicted molar refractivity (Wildman–Crippen MR) is 103 cm³/mol. The normalized spacial score (nSPS) is 10.3. The smallest absolute Gasteiger partial charge is 0.258 e. The fourth-order valence-electron chi connectivity index (χ4n) is 2.10. The van der Waals surface area contributed by atoms with Crippen LogP contribution in [-0.2, 0) is 0 Å². The molecule has 0 spiro atoms. The molecular weight excluding hydrogens is 375 g/mol. The lowest BCUT2D eigenvalue weighted by molar-refractivity contribution is 0.102. The average molecular weight is 389 g/mol. The van der Waals surface area contributed by atoms with Gasteiger partial charge in [-0.25, -0.2) is 9.97 Å². The van der Waals surface area contributed by atoms with Crippen LogP contribution < -0.4 is 15.4 Å². The SMILES string of the molecule is COc1ccc(NC(=O)c2cnc(Nc3ccc(Cl)cc3Cl)nc2)cc1. The van der Waals surface area contributed by atoms with Crippen molar-refractivity contribution in [1.82, 2.24) is 9.97 Å². The molecule has 0 unspecified atom stereocenters. The van der Waals surface area contributed by atoms with Crippen LogP contribution in [0.25, 0.3) is 0 Å². The quantitative estimate of drug-likeness (QED) is 0.656. The molecule has 0 aliphatic rings. The van der Waals surface area contributed by atoms with Gasteiger partial charge in [0, 0.05) is 23.1 Å². The summed E-state index contributed by atoms with van der Waals surface area (Å²) in [5.74, 6) is 0.712. The number of nitrogens with zero attached hydrogens (tertiary/aromatic N) is 2. The minimum atomic E-state index is -0.314. The molecule has 8 heteroatoms. The highest BCUT2D eigenvalue weighted by Gasteiger charge is 2.09. The van der Waals surface area contributed by atoms with Gasteiger partial charge >= 0.3 is 0 Å². The number of hydrogen-bond acceptors (Lipinski definition) is 5. The van der Waals surface area contributed by atoms with Crippen LogP contribution in [0.4, 0.5) is 17.3 Å². The monoisotopic (exact) mass is 388 g/mol. The summed E-state index contributed by atoms with van der Waals surface area (Å²) in [6.45, 7) is 0. The first kappa shape index (κ1) is 18.0. The molecule has 0 fully saturated rings. The van der Waals surface area contributed by atoms with Crippen molar-refractivity contribution >= 4 is 46.4 Å². The molecule has 0 saturated carbocycles. The van der Waals surface area contributed by atoms with Gasteiger partial charge in [-0.05, 0) is 42.5 Å². The van der Waals surface area contributed by atoms with Crippen LogP contribution in [0.2, 0.25) is 10.0 Å². The second kappa shape index (κ2) is 8.03. The molecule has 2 aromatic carbocycles. The molecule has 0 aliphatic heterocycles. The molecule has 26 heavy (non-hydrogen) atoms. The Kier molecular flexibility index (Phi) is 5.55. The third kappa shape index (κ3) is 4.41. The van der Waals surface area contributed by atoms with Crippen LogP contribution >= 0.6 is 23.2 Å². The van der Waals surface area contributed by atoms with Crippen molar-refractivity contribution in [3.63, 3.8) is 0 Å². The number of hydrogen-bond donors (Lipinski definition) is 2. The maximum atomic E-state index is 12.3. The van der Waals surface area contributed by atoms with E-state index in [1.165, 1.54) is 12.4 Å². The maximum Gasteiger partial charge on any atom is 0.258 e. The van der Waals surface area contributed by atoms with E-state index >= 15 is 0 Å². The molecule has 0 atom stereocenters. The van der Waals surface area contributed by atoms with Gasteiger partial charge in [0.15, 0.2) is 0 Å². The molecule has 6 nitrogen and oxygen atoms in total. The first-order valence-electron chi connectivity index (χ1n) is 7.54. The number of methoxy groups -OCH3 is 1. The van der Waals surface area contributed by atoms with E-state index in [0.717, 1.165) is 0 Å². The first-order chi connectivity index (χ1) is 12.5. The summed E-state index contributed by atoms with van der Waals surface area (Å²) < 4.78 is 5.08. The zero-order valence-corrected chi connectivity index (χ0v) is 15.2. The Balaban J connectivity index is 1.67. The van der Waals surface area contributed by atoms with Crippen molar-refractivity contribution in [2.45, 2.75) is 0 Å². The average Bonchev–Trinajstić information content (AvgIpc) is 2.65. The van der Waals surface area contributed by atoms with Gasteiger partial charge in [-0.2, -0.15) is 0 Å². The number of ether oxygens (including phenoxy) is 1. The zero-order chi connectivity index (χ0) is 18.5. The number of nitrogens with one attached hydrogen (secondary N) is 2. The summed E-state index contributed by atoms with van der Waals surface area (Å²) in [5, 5.41) is 6.71. The van der Waals surface area contributed by atoms with E-state index in [0.29, 0.717) is 38.7 Å². The van der Waals surface area contributed by atoms with E-state index in [9.17, 15) is 4.79 Å². The predicted octanol–water partition coefficient (Wildman–Crippen LogP) is 4.79. The summed E-state index contributed by atoms with van der Waals surface area (Å²) in [4.78, 5) is 20.5. The number of carbonyl (C=O) groups excluding carboxylic acids is 1. The second-order valence-corrected chi connectivity index (χ2v) is 6.07. The standard InChI is InChI=1S/C18H14Cl2N4O2/c1-26-14-5-3-13(4-6-14)23-17(25)11-9-21-18(22-10-11)24-16-7-2-12(19)8-15(16)20/h2-10H,1H3,(H,23,25)(H,21,22,24). The Morgan fingerprint density at radius 1 is 1.04 bits per heavy atom. The fourth-order valence-corrected chi connectivity index (χ4v) is 2.55. The highest BCUT2D eigenvalue weighted by molar-refractivity contribution is 6.36. The molecule has 0 saturated heterocycles. The number of aromatic nitrogens is 2. The van der Waals surface area contributed by atoms with Gasteiger partial charge < -0.3 is 15.4 Å². The van der Waals surface area contributed by atoms with Crippen molar-refractivity contribution in [2.75, 3.05) is 17.7 Å². The second-order valence-electron chi connectivity index (χ2n) is 5.23. The van der Waals surface area contributed by atoms with Crippen molar-refractivity contribution < 1.29 is 9.53 Å². The van der Waals surface area contributed by atoms with Gasteiger partial charge in [0.1, 0.15) is 5.75 Å². The van der Waals surface area contributed by atoms with E-state index in [2.05, 4.69) is 20.6 Å². The molecule has 132 valence electrons. The summed E-state index contributed by atoms with van der Waals surface area (Å²) in [7, 11) is 1.58. The molecule has 2 N–H and O–H groups in total. The van der Waals surface area contributed by atoms with Crippen LogP contribution in [0.5, 0.6) is 5.75 Å². The number of anilines is 3. The Hall–Kier alpha value is -2.83. The van der Waals surface area contributed by atoms with Gasteiger partial charge in [0.2, 0.25) is 5.95 Å². The van der Waals surface area contributed by atoms with E-state index in [1.807, 2.05) is 0 Å². The molecule has 1 heterocycles. The lowest BCUT2D eigenvalue weighted by Gasteiger charge is -2.08. The molecule has 3 aromatic rings. The van der Waals surface area contributed by atoms with Crippen molar-refractivity contribution in [3.8, 4) is 5.75 Å². The minimum absolute atomic E-state index is 0.314. The molecule has 0 bridgehead atoms.